The van der Waals surface area contributed by atoms with Crippen molar-refractivity contribution in [2.24, 2.45) is 0 Å². The molecule has 6 heteroatoms. The van der Waals surface area contributed by atoms with Gasteiger partial charge in [-0.3, -0.25) is 0 Å². The van der Waals surface area contributed by atoms with E-state index in [1.54, 1.807) is 0 Å². The lowest BCUT2D eigenvalue weighted by atomic mass is 10.1. The Morgan fingerprint density at radius 1 is 1.24 bits per heavy atom. The zero-order valence-electron chi connectivity index (χ0n) is 13.7. The number of nitriles is 1. The van der Waals surface area contributed by atoms with Crippen LogP contribution in [0.1, 0.15) is 30.1 Å². The van der Waals surface area contributed by atoms with Gasteiger partial charge in [0.1, 0.15) is 23.7 Å². The van der Waals surface area contributed by atoms with Gasteiger partial charge in [0.25, 0.3) is 0 Å². The second-order valence-corrected chi connectivity index (χ2v) is 5.91. The van der Waals surface area contributed by atoms with Crippen molar-refractivity contribution in [3.63, 3.8) is 0 Å². The minimum absolute atomic E-state index is 0.0816. The molecule has 4 nitrogen and oxygen atoms in total. The summed E-state index contributed by atoms with van der Waals surface area (Å²) < 4.78 is 19.6. The Morgan fingerprint density at radius 2 is 2.00 bits per heavy atom. The van der Waals surface area contributed by atoms with Gasteiger partial charge < -0.3 is 15.2 Å². The number of nitrogens with one attached hydrogen (secondary N) is 1. The quantitative estimate of drug-likeness (QED) is 0.665. The van der Waals surface area contributed by atoms with Gasteiger partial charge in [0.05, 0.1) is 10.6 Å². The fraction of sp³-hybridized carbons (Fsp3) is 0.316. The van der Waals surface area contributed by atoms with Gasteiger partial charge in [0, 0.05) is 19.1 Å². The van der Waals surface area contributed by atoms with Crippen molar-refractivity contribution in [2.45, 2.75) is 18.9 Å². The standard InChI is InChI=1S/C19H20ClFN2O2/c20-16-12-19(15(13-22)11-17(16)21)25-18(7-9-23-8-4-10-24)14-5-2-1-3-6-14/h1-3,5-6,11-12,18,23-24H,4,7-10H2/t18-/m1/s1. The molecule has 0 aromatic heterocycles. The molecule has 0 fully saturated rings. The van der Waals surface area contributed by atoms with Gasteiger partial charge in [0.2, 0.25) is 0 Å². The summed E-state index contributed by atoms with van der Waals surface area (Å²) in [7, 11) is 0. The van der Waals surface area contributed by atoms with E-state index in [0.29, 0.717) is 25.9 Å². The van der Waals surface area contributed by atoms with E-state index in [0.717, 1.165) is 11.6 Å². The molecule has 0 spiro atoms. The van der Waals surface area contributed by atoms with E-state index in [9.17, 15) is 9.65 Å². The fourth-order valence-electron chi connectivity index (χ4n) is 2.39. The predicted octanol–water partition coefficient (Wildman–Crippen LogP) is 3.83. The summed E-state index contributed by atoms with van der Waals surface area (Å²) in [4.78, 5) is 0. The number of benzene rings is 2. The first-order valence-corrected chi connectivity index (χ1v) is 8.46. The highest BCUT2D eigenvalue weighted by Gasteiger charge is 2.17. The van der Waals surface area contributed by atoms with E-state index in [2.05, 4.69) is 5.32 Å². The van der Waals surface area contributed by atoms with E-state index in [1.807, 2.05) is 36.4 Å². The highest BCUT2D eigenvalue weighted by atomic mass is 35.5. The van der Waals surface area contributed by atoms with Crippen LogP contribution >= 0.6 is 11.6 Å². The van der Waals surface area contributed by atoms with E-state index >= 15 is 0 Å². The van der Waals surface area contributed by atoms with Crippen molar-refractivity contribution in [1.82, 2.24) is 5.32 Å². The van der Waals surface area contributed by atoms with Crippen molar-refractivity contribution >= 4 is 11.6 Å². The normalized spacial score (nSPS) is 11.8. The highest BCUT2D eigenvalue weighted by molar-refractivity contribution is 6.30. The van der Waals surface area contributed by atoms with Crippen LogP contribution in [-0.2, 0) is 0 Å². The van der Waals surface area contributed by atoms with Crippen LogP contribution in [0.3, 0.4) is 0 Å². The average molecular weight is 363 g/mol. The lowest BCUT2D eigenvalue weighted by molar-refractivity contribution is 0.192. The van der Waals surface area contributed by atoms with E-state index in [4.69, 9.17) is 21.4 Å². The van der Waals surface area contributed by atoms with Crippen LogP contribution in [0, 0.1) is 17.1 Å². The summed E-state index contributed by atoms with van der Waals surface area (Å²) in [6, 6.07) is 14.0. The van der Waals surface area contributed by atoms with Crippen molar-refractivity contribution in [3.05, 3.63) is 64.4 Å². The summed E-state index contributed by atoms with van der Waals surface area (Å²) in [6.45, 7) is 1.53. The molecule has 2 aromatic rings. The topological polar surface area (TPSA) is 65.3 Å². The average Bonchev–Trinajstić information content (AvgIpc) is 2.64. The molecular weight excluding hydrogens is 343 g/mol. The van der Waals surface area contributed by atoms with E-state index in [1.165, 1.54) is 6.07 Å². The molecule has 132 valence electrons. The number of hydrogen-bond acceptors (Lipinski definition) is 4. The fourth-order valence-corrected chi connectivity index (χ4v) is 2.54. The first-order valence-electron chi connectivity index (χ1n) is 8.08. The molecule has 2 rings (SSSR count). The summed E-state index contributed by atoms with van der Waals surface area (Å²) in [5, 5.41) is 21.2. The summed E-state index contributed by atoms with van der Waals surface area (Å²) in [6.07, 6.45) is 1.02. The Balaban J connectivity index is 2.16. The summed E-state index contributed by atoms with van der Waals surface area (Å²) >= 11 is 5.83. The van der Waals surface area contributed by atoms with Gasteiger partial charge >= 0.3 is 0 Å². The van der Waals surface area contributed by atoms with Gasteiger partial charge in [0.15, 0.2) is 0 Å². The minimum Gasteiger partial charge on any atom is -0.484 e. The van der Waals surface area contributed by atoms with Crippen LogP contribution in [0.25, 0.3) is 0 Å². The number of ether oxygens (including phenoxy) is 1. The third kappa shape index (κ3) is 5.71. The molecule has 0 aliphatic rings. The van der Waals surface area contributed by atoms with E-state index in [-0.39, 0.29) is 29.0 Å². The van der Waals surface area contributed by atoms with Crippen LogP contribution in [0.15, 0.2) is 42.5 Å². The molecule has 0 saturated carbocycles. The zero-order chi connectivity index (χ0) is 18.1. The zero-order valence-corrected chi connectivity index (χ0v) is 14.5. The highest BCUT2D eigenvalue weighted by Crippen LogP contribution is 2.31. The lowest BCUT2D eigenvalue weighted by Crippen LogP contribution is -2.21. The first kappa shape index (κ1) is 19.2. The number of hydrogen-bond donors (Lipinski definition) is 2. The SMILES string of the molecule is N#Cc1cc(F)c(Cl)cc1O[C@H](CCNCCCO)c1ccccc1. The van der Waals surface area contributed by atoms with Crippen LogP contribution in [0.2, 0.25) is 5.02 Å². The molecule has 25 heavy (non-hydrogen) atoms. The second kappa shape index (κ2) is 10.00. The second-order valence-electron chi connectivity index (χ2n) is 5.51. The number of halogens is 2. The maximum atomic E-state index is 13.6. The van der Waals surface area contributed by atoms with Crippen LogP contribution in [0.5, 0.6) is 5.75 Å². The molecule has 0 heterocycles. The number of rotatable bonds is 9. The number of aliphatic hydroxyl groups excluding tert-OH is 1. The number of aliphatic hydroxyl groups is 1. The minimum atomic E-state index is -0.646. The van der Waals surface area contributed by atoms with E-state index < -0.39 is 5.82 Å². The molecule has 0 radical (unpaired) electrons. The van der Waals surface area contributed by atoms with Crippen molar-refractivity contribution in [1.29, 1.82) is 5.26 Å². The molecule has 0 aliphatic carbocycles. The van der Waals surface area contributed by atoms with Gasteiger partial charge in [-0.15, -0.1) is 0 Å². The summed E-state index contributed by atoms with van der Waals surface area (Å²) in [5.74, 6) is -0.384. The number of nitrogens with zero attached hydrogens (tertiary/aromatic N) is 1. The Morgan fingerprint density at radius 3 is 2.68 bits per heavy atom. The third-order valence-electron chi connectivity index (χ3n) is 3.68. The lowest BCUT2D eigenvalue weighted by Gasteiger charge is -2.21. The smallest absolute Gasteiger partial charge is 0.143 e. The van der Waals surface area contributed by atoms with Crippen LogP contribution in [-0.4, -0.2) is 24.8 Å². The van der Waals surface area contributed by atoms with Gasteiger partial charge in [-0.05, 0) is 31.1 Å². The third-order valence-corrected chi connectivity index (χ3v) is 3.97. The maximum absolute atomic E-state index is 13.6. The Hall–Kier alpha value is -2.13. The summed E-state index contributed by atoms with van der Waals surface area (Å²) in [5.41, 5.74) is 1.06. The maximum Gasteiger partial charge on any atom is 0.143 e. The molecule has 0 saturated heterocycles. The predicted molar refractivity (Wildman–Crippen MR) is 95.1 cm³/mol. The molecule has 2 aromatic carbocycles. The molecule has 0 bridgehead atoms. The van der Waals surface area contributed by atoms with Gasteiger partial charge in [-0.2, -0.15) is 5.26 Å². The van der Waals surface area contributed by atoms with Crippen LogP contribution < -0.4 is 10.1 Å². The Kier molecular flexibility index (Phi) is 7.68. The Bertz CT molecular complexity index is 719. The van der Waals surface area contributed by atoms with Gasteiger partial charge in [-0.25, -0.2) is 4.39 Å². The van der Waals surface area contributed by atoms with Gasteiger partial charge in [-0.1, -0.05) is 41.9 Å². The molecule has 0 amide bonds. The van der Waals surface area contributed by atoms with Crippen molar-refractivity contribution in [3.8, 4) is 11.8 Å². The monoisotopic (exact) mass is 362 g/mol. The van der Waals surface area contributed by atoms with Crippen LogP contribution in [0.4, 0.5) is 4.39 Å². The molecule has 2 N–H and O–H groups in total. The molecule has 0 unspecified atom stereocenters. The Labute approximate surface area is 151 Å². The largest absolute Gasteiger partial charge is 0.484 e. The molecule has 0 aliphatic heterocycles. The molecular formula is C19H20ClFN2O2. The van der Waals surface area contributed by atoms with Crippen molar-refractivity contribution < 1.29 is 14.2 Å². The molecule has 1 atom stereocenters. The van der Waals surface area contributed by atoms with Crippen molar-refractivity contribution in [2.75, 3.05) is 19.7 Å². The first-order chi connectivity index (χ1) is 12.2.